The zero-order valence-electron chi connectivity index (χ0n) is 14.8. The lowest BCUT2D eigenvalue weighted by atomic mass is 9.96. The highest BCUT2D eigenvalue weighted by molar-refractivity contribution is 8.00. The molecule has 2 N–H and O–H groups in total. The molecule has 1 saturated carbocycles. The van der Waals surface area contributed by atoms with Crippen LogP contribution in [0.15, 0.2) is 47.4 Å². The number of rotatable bonds is 7. The van der Waals surface area contributed by atoms with Crippen LogP contribution in [0.4, 0.5) is 10.1 Å². The first-order valence-electron chi connectivity index (χ1n) is 8.70. The second-order valence-electron chi connectivity index (χ2n) is 6.36. The van der Waals surface area contributed by atoms with Gasteiger partial charge < -0.3 is 15.2 Å². The minimum atomic E-state index is -0.959. The molecular formula is C20H20FNO4S. The lowest BCUT2D eigenvalue weighted by Gasteiger charge is -2.26. The molecule has 0 radical (unpaired) electrons. The molecule has 3 rings (SSSR count). The quantitative estimate of drug-likeness (QED) is 0.678. The van der Waals surface area contributed by atoms with E-state index in [0.29, 0.717) is 16.1 Å². The number of hydrogen-bond acceptors (Lipinski definition) is 4. The highest BCUT2D eigenvalue weighted by atomic mass is 32.2. The van der Waals surface area contributed by atoms with Crippen molar-refractivity contribution >= 4 is 29.3 Å². The molecule has 27 heavy (non-hydrogen) atoms. The number of aliphatic carboxylic acids is 1. The fourth-order valence-corrected chi connectivity index (χ4v) is 3.47. The largest absolute Gasteiger partial charge is 0.487 e. The molecule has 0 saturated heterocycles. The van der Waals surface area contributed by atoms with Crippen molar-refractivity contribution in [3.8, 4) is 5.75 Å². The Bertz CT molecular complexity index is 854. The summed E-state index contributed by atoms with van der Waals surface area (Å²) < 4.78 is 19.8. The number of carbonyl (C=O) groups excluding carboxylic acids is 1. The summed E-state index contributed by atoms with van der Waals surface area (Å²) in [7, 11) is 0. The van der Waals surface area contributed by atoms with Gasteiger partial charge in [0.1, 0.15) is 5.25 Å². The van der Waals surface area contributed by atoms with Crippen LogP contribution < -0.4 is 10.1 Å². The minimum absolute atomic E-state index is 0.0695. The molecule has 0 aliphatic heterocycles. The summed E-state index contributed by atoms with van der Waals surface area (Å²) in [6, 6.07) is 11.1. The normalized spacial score (nSPS) is 14.9. The number of carboxylic acid groups (broad SMARTS) is 1. The zero-order valence-corrected chi connectivity index (χ0v) is 15.6. The van der Waals surface area contributed by atoms with Gasteiger partial charge in [0.15, 0.2) is 11.6 Å². The van der Waals surface area contributed by atoms with Gasteiger partial charge >= 0.3 is 5.97 Å². The first kappa shape index (κ1) is 19.2. The molecule has 142 valence electrons. The number of ether oxygens (including phenoxy) is 1. The van der Waals surface area contributed by atoms with Gasteiger partial charge in [0.05, 0.1) is 11.7 Å². The molecule has 1 unspecified atom stereocenters. The smallest absolute Gasteiger partial charge is 0.316 e. The summed E-state index contributed by atoms with van der Waals surface area (Å²) in [5.74, 6) is -1.73. The molecule has 1 aliphatic rings. The number of thioether (sulfide) groups is 1. The third-order valence-corrected chi connectivity index (χ3v) is 5.48. The van der Waals surface area contributed by atoms with Crippen LogP contribution in [-0.2, 0) is 4.79 Å². The average molecular weight is 389 g/mol. The van der Waals surface area contributed by atoms with Gasteiger partial charge in [0.2, 0.25) is 0 Å². The van der Waals surface area contributed by atoms with Crippen molar-refractivity contribution in [2.75, 3.05) is 5.32 Å². The second-order valence-corrected chi connectivity index (χ2v) is 7.75. The van der Waals surface area contributed by atoms with E-state index in [1.54, 1.807) is 37.3 Å². The SMILES string of the molecule is CC(Sc1ccccc1C(=O)Nc1ccc(OC2CCC2)c(F)c1)C(=O)O. The van der Waals surface area contributed by atoms with Gasteiger partial charge in [-0.15, -0.1) is 11.8 Å². The van der Waals surface area contributed by atoms with Crippen LogP contribution in [0.25, 0.3) is 0 Å². The van der Waals surface area contributed by atoms with Crippen LogP contribution in [-0.4, -0.2) is 28.3 Å². The lowest BCUT2D eigenvalue weighted by Crippen LogP contribution is -2.25. The van der Waals surface area contributed by atoms with E-state index in [4.69, 9.17) is 9.84 Å². The highest BCUT2D eigenvalue weighted by Crippen LogP contribution is 2.30. The Hall–Kier alpha value is -2.54. The number of amides is 1. The monoisotopic (exact) mass is 389 g/mol. The van der Waals surface area contributed by atoms with Crippen molar-refractivity contribution < 1.29 is 23.8 Å². The van der Waals surface area contributed by atoms with Gasteiger partial charge in [0.25, 0.3) is 5.91 Å². The highest BCUT2D eigenvalue weighted by Gasteiger charge is 2.21. The van der Waals surface area contributed by atoms with Crippen LogP contribution in [0.5, 0.6) is 5.75 Å². The Morgan fingerprint density at radius 3 is 2.63 bits per heavy atom. The Morgan fingerprint density at radius 1 is 1.26 bits per heavy atom. The molecule has 1 amide bonds. The van der Waals surface area contributed by atoms with E-state index >= 15 is 0 Å². The molecule has 1 aliphatic carbocycles. The van der Waals surface area contributed by atoms with Crippen molar-refractivity contribution in [3.05, 3.63) is 53.8 Å². The van der Waals surface area contributed by atoms with Crippen LogP contribution in [0.3, 0.4) is 0 Å². The molecule has 0 spiro atoms. The van der Waals surface area contributed by atoms with Gasteiger partial charge in [-0.3, -0.25) is 9.59 Å². The molecule has 2 aromatic rings. The van der Waals surface area contributed by atoms with E-state index < -0.39 is 22.9 Å². The standard InChI is InChI=1S/C20H20FNO4S/c1-12(20(24)25)27-18-8-3-2-7-15(18)19(23)22-13-9-10-17(16(21)11-13)26-14-5-4-6-14/h2-3,7-12,14H,4-6H2,1H3,(H,22,23)(H,24,25). The van der Waals surface area contributed by atoms with Crippen molar-refractivity contribution in [3.63, 3.8) is 0 Å². The summed E-state index contributed by atoms with van der Waals surface area (Å²) in [6.07, 6.45) is 3.03. The first-order valence-corrected chi connectivity index (χ1v) is 9.58. The van der Waals surface area contributed by atoms with Gasteiger partial charge in [-0.1, -0.05) is 12.1 Å². The lowest BCUT2D eigenvalue weighted by molar-refractivity contribution is -0.136. The summed E-state index contributed by atoms with van der Waals surface area (Å²) in [5, 5.41) is 11.0. The summed E-state index contributed by atoms with van der Waals surface area (Å²) in [4.78, 5) is 24.2. The van der Waals surface area contributed by atoms with E-state index in [1.165, 1.54) is 12.1 Å². The number of benzene rings is 2. The number of carbonyl (C=O) groups is 2. The van der Waals surface area contributed by atoms with Crippen molar-refractivity contribution in [1.82, 2.24) is 0 Å². The topological polar surface area (TPSA) is 75.6 Å². The van der Waals surface area contributed by atoms with E-state index in [9.17, 15) is 14.0 Å². The molecule has 7 heteroatoms. The Labute approximate surface area is 160 Å². The first-order chi connectivity index (χ1) is 12.9. The van der Waals surface area contributed by atoms with Crippen LogP contribution in [0, 0.1) is 5.82 Å². The number of carboxylic acids is 1. The molecule has 0 aromatic heterocycles. The maximum absolute atomic E-state index is 14.2. The van der Waals surface area contributed by atoms with Crippen molar-refractivity contribution in [1.29, 1.82) is 0 Å². The Kier molecular flexibility index (Phi) is 6.01. The molecule has 1 atom stereocenters. The summed E-state index contributed by atoms with van der Waals surface area (Å²) in [5.41, 5.74) is 0.648. The number of anilines is 1. The average Bonchev–Trinajstić information content (AvgIpc) is 2.59. The zero-order chi connectivity index (χ0) is 19.4. The van der Waals surface area contributed by atoms with Crippen LogP contribution in [0.2, 0.25) is 0 Å². The molecule has 0 bridgehead atoms. The predicted octanol–water partition coefficient (Wildman–Crippen LogP) is 4.57. The molecule has 0 heterocycles. The van der Waals surface area contributed by atoms with Gasteiger partial charge in [-0.25, -0.2) is 4.39 Å². The fourth-order valence-electron chi connectivity index (χ4n) is 2.54. The maximum Gasteiger partial charge on any atom is 0.316 e. The van der Waals surface area contributed by atoms with E-state index in [2.05, 4.69) is 5.32 Å². The minimum Gasteiger partial charge on any atom is -0.487 e. The molecular weight excluding hydrogens is 369 g/mol. The number of hydrogen-bond donors (Lipinski definition) is 2. The number of nitrogens with one attached hydrogen (secondary N) is 1. The maximum atomic E-state index is 14.2. The van der Waals surface area contributed by atoms with Gasteiger partial charge in [0, 0.05) is 16.6 Å². The Balaban J connectivity index is 1.71. The third-order valence-electron chi connectivity index (χ3n) is 4.32. The van der Waals surface area contributed by atoms with E-state index in [-0.39, 0.29) is 11.9 Å². The second kappa shape index (κ2) is 8.43. The molecule has 5 nitrogen and oxygen atoms in total. The van der Waals surface area contributed by atoms with Crippen LogP contribution >= 0.6 is 11.8 Å². The third kappa shape index (κ3) is 4.80. The summed E-state index contributed by atoms with van der Waals surface area (Å²) >= 11 is 1.08. The fraction of sp³-hybridized carbons (Fsp3) is 0.300. The van der Waals surface area contributed by atoms with E-state index in [1.807, 2.05) is 0 Å². The van der Waals surface area contributed by atoms with Crippen LogP contribution in [0.1, 0.15) is 36.5 Å². The van der Waals surface area contributed by atoms with Crippen molar-refractivity contribution in [2.45, 2.75) is 42.4 Å². The van der Waals surface area contributed by atoms with E-state index in [0.717, 1.165) is 31.0 Å². The van der Waals surface area contributed by atoms with Crippen molar-refractivity contribution in [2.24, 2.45) is 0 Å². The summed E-state index contributed by atoms with van der Waals surface area (Å²) in [6.45, 7) is 1.55. The number of halogens is 1. The Morgan fingerprint density at radius 2 is 2.00 bits per heavy atom. The van der Waals surface area contributed by atoms with Gasteiger partial charge in [-0.2, -0.15) is 0 Å². The predicted molar refractivity (Wildman–Crippen MR) is 102 cm³/mol. The van der Waals surface area contributed by atoms with Gasteiger partial charge in [-0.05, 0) is 50.5 Å². The molecule has 1 fully saturated rings. The molecule has 2 aromatic carbocycles.